The SMILES string of the molecule is CC(C)C(CN)NCc1cc(C2CC2)n[nH]1. The first-order valence-electron chi connectivity index (χ1n) is 6.18. The highest BCUT2D eigenvalue weighted by Gasteiger charge is 2.26. The average molecular weight is 222 g/mol. The Kier molecular flexibility index (Phi) is 3.61. The Hall–Kier alpha value is -0.870. The van der Waals surface area contributed by atoms with Gasteiger partial charge < -0.3 is 11.1 Å². The van der Waals surface area contributed by atoms with E-state index in [0.29, 0.717) is 18.5 Å². The second-order valence-electron chi connectivity index (χ2n) is 5.06. The molecule has 1 aliphatic rings. The van der Waals surface area contributed by atoms with Crippen molar-refractivity contribution in [2.24, 2.45) is 11.7 Å². The molecule has 0 spiro atoms. The molecule has 0 radical (unpaired) electrons. The van der Waals surface area contributed by atoms with Crippen LogP contribution in [0, 0.1) is 5.92 Å². The Labute approximate surface area is 97.0 Å². The third kappa shape index (κ3) is 2.83. The van der Waals surface area contributed by atoms with Gasteiger partial charge in [0.15, 0.2) is 0 Å². The summed E-state index contributed by atoms with van der Waals surface area (Å²) in [5, 5.41) is 10.9. The first-order chi connectivity index (χ1) is 7.70. The molecule has 4 N–H and O–H groups in total. The zero-order valence-corrected chi connectivity index (χ0v) is 10.2. The molecule has 0 saturated heterocycles. The van der Waals surface area contributed by atoms with Gasteiger partial charge in [-0.15, -0.1) is 0 Å². The lowest BCUT2D eigenvalue weighted by molar-refractivity contribution is 0.403. The summed E-state index contributed by atoms with van der Waals surface area (Å²) in [6.07, 6.45) is 2.60. The van der Waals surface area contributed by atoms with Gasteiger partial charge in [-0.25, -0.2) is 0 Å². The summed E-state index contributed by atoms with van der Waals surface area (Å²) in [6, 6.07) is 2.56. The molecule has 90 valence electrons. The van der Waals surface area contributed by atoms with Crippen molar-refractivity contribution in [1.82, 2.24) is 15.5 Å². The predicted octanol–water partition coefficient (Wildman–Crippen LogP) is 1.36. The number of H-pyrrole nitrogens is 1. The van der Waals surface area contributed by atoms with Crippen LogP contribution in [0.5, 0.6) is 0 Å². The fourth-order valence-corrected chi connectivity index (χ4v) is 1.89. The normalized spacial score (nSPS) is 18.0. The van der Waals surface area contributed by atoms with Crippen molar-refractivity contribution in [1.29, 1.82) is 0 Å². The van der Waals surface area contributed by atoms with Crippen LogP contribution in [0.3, 0.4) is 0 Å². The molecule has 4 heteroatoms. The molecule has 1 unspecified atom stereocenters. The maximum Gasteiger partial charge on any atom is 0.0656 e. The number of hydrogen-bond acceptors (Lipinski definition) is 3. The molecule has 0 aliphatic heterocycles. The maximum atomic E-state index is 5.71. The minimum Gasteiger partial charge on any atom is -0.329 e. The van der Waals surface area contributed by atoms with Crippen LogP contribution in [-0.2, 0) is 6.54 Å². The van der Waals surface area contributed by atoms with E-state index in [0.717, 1.165) is 12.5 Å². The van der Waals surface area contributed by atoms with Crippen molar-refractivity contribution in [3.63, 3.8) is 0 Å². The third-order valence-corrected chi connectivity index (χ3v) is 3.26. The molecule has 1 heterocycles. The second-order valence-corrected chi connectivity index (χ2v) is 5.06. The Morgan fingerprint density at radius 2 is 2.31 bits per heavy atom. The van der Waals surface area contributed by atoms with Gasteiger partial charge in [-0.2, -0.15) is 5.10 Å². The molecule has 0 bridgehead atoms. The van der Waals surface area contributed by atoms with E-state index in [1.54, 1.807) is 0 Å². The highest BCUT2D eigenvalue weighted by atomic mass is 15.1. The third-order valence-electron chi connectivity index (χ3n) is 3.26. The van der Waals surface area contributed by atoms with Gasteiger partial charge in [0.2, 0.25) is 0 Å². The topological polar surface area (TPSA) is 66.7 Å². The summed E-state index contributed by atoms with van der Waals surface area (Å²) in [6.45, 7) is 5.89. The predicted molar refractivity (Wildman–Crippen MR) is 65.1 cm³/mol. The van der Waals surface area contributed by atoms with Crippen LogP contribution in [0.25, 0.3) is 0 Å². The van der Waals surface area contributed by atoms with Gasteiger partial charge >= 0.3 is 0 Å². The minimum absolute atomic E-state index is 0.382. The average Bonchev–Trinajstić information content (AvgIpc) is 3.00. The first-order valence-corrected chi connectivity index (χ1v) is 6.18. The lowest BCUT2D eigenvalue weighted by Crippen LogP contribution is -2.39. The van der Waals surface area contributed by atoms with Crippen LogP contribution in [0.15, 0.2) is 6.07 Å². The summed E-state index contributed by atoms with van der Waals surface area (Å²) < 4.78 is 0. The van der Waals surface area contributed by atoms with Crippen LogP contribution in [0.2, 0.25) is 0 Å². The summed E-state index contributed by atoms with van der Waals surface area (Å²) in [4.78, 5) is 0. The van der Waals surface area contributed by atoms with Crippen LogP contribution in [0.1, 0.15) is 44.0 Å². The molecule has 4 nitrogen and oxygen atoms in total. The number of hydrogen-bond donors (Lipinski definition) is 3. The molecule has 1 fully saturated rings. The molecule has 2 rings (SSSR count). The molecule has 0 amide bonds. The molecular weight excluding hydrogens is 200 g/mol. The van der Waals surface area contributed by atoms with Crippen molar-refractivity contribution in [2.75, 3.05) is 6.54 Å². The summed E-state index contributed by atoms with van der Waals surface area (Å²) in [5.41, 5.74) is 8.11. The lowest BCUT2D eigenvalue weighted by Gasteiger charge is -2.19. The van der Waals surface area contributed by atoms with Crippen LogP contribution in [-0.4, -0.2) is 22.8 Å². The standard InChI is InChI=1S/C12H22N4/c1-8(2)12(6-13)14-7-10-5-11(16-15-10)9-3-4-9/h5,8-9,12,14H,3-4,6-7,13H2,1-2H3,(H,15,16). The van der Waals surface area contributed by atoms with Gasteiger partial charge in [-0.1, -0.05) is 13.8 Å². The van der Waals surface area contributed by atoms with E-state index in [9.17, 15) is 0 Å². The van der Waals surface area contributed by atoms with Gasteiger partial charge in [0.1, 0.15) is 0 Å². The fourth-order valence-electron chi connectivity index (χ4n) is 1.89. The van der Waals surface area contributed by atoms with Gasteiger partial charge in [0.25, 0.3) is 0 Å². The van der Waals surface area contributed by atoms with Gasteiger partial charge in [0, 0.05) is 30.7 Å². The van der Waals surface area contributed by atoms with E-state index >= 15 is 0 Å². The molecule has 1 aliphatic carbocycles. The van der Waals surface area contributed by atoms with E-state index in [1.807, 2.05) is 0 Å². The van der Waals surface area contributed by atoms with Crippen molar-refractivity contribution < 1.29 is 0 Å². The minimum atomic E-state index is 0.382. The molecular formula is C12H22N4. The number of nitrogens with zero attached hydrogens (tertiary/aromatic N) is 1. The smallest absolute Gasteiger partial charge is 0.0656 e. The van der Waals surface area contributed by atoms with Crippen LogP contribution in [0.4, 0.5) is 0 Å². The molecule has 1 saturated carbocycles. The number of nitrogens with one attached hydrogen (secondary N) is 2. The first kappa shape index (κ1) is 11.6. The van der Waals surface area contributed by atoms with Crippen molar-refractivity contribution in [3.05, 3.63) is 17.5 Å². The zero-order valence-electron chi connectivity index (χ0n) is 10.2. The summed E-state index contributed by atoms with van der Waals surface area (Å²) in [7, 11) is 0. The Morgan fingerprint density at radius 3 is 2.88 bits per heavy atom. The molecule has 1 aromatic heterocycles. The number of rotatable bonds is 6. The highest BCUT2D eigenvalue weighted by Crippen LogP contribution is 2.38. The van der Waals surface area contributed by atoms with E-state index in [4.69, 9.17) is 5.73 Å². The van der Waals surface area contributed by atoms with Crippen molar-refractivity contribution in [2.45, 2.75) is 45.2 Å². The second kappa shape index (κ2) is 4.97. The molecule has 1 atom stereocenters. The summed E-state index contributed by atoms with van der Waals surface area (Å²) in [5.74, 6) is 1.29. The molecule has 1 aromatic rings. The number of aromatic nitrogens is 2. The zero-order chi connectivity index (χ0) is 11.5. The Bertz CT molecular complexity index is 328. The Morgan fingerprint density at radius 1 is 1.56 bits per heavy atom. The Balaban J connectivity index is 1.83. The maximum absolute atomic E-state index is 5.71. The number of aromatic amines is 1. The molecule has 0 aromatic carbocycles. The van der Waals surface area contributed by atoms with Gasteiger partial charge in [0.05, 0.1) is 5.69 Å². The molecule has 16 heavy (non-hydrogen) atoms. The largest absolute Gasteiger partial charge is 0.329 e. The van der Waals surface area contributed by atoms with E-state index in [-0.39, 0.29) is 0 Å². The van der Waals surface area contributed by atoms with Crippen molar-refractivity contribution >= 4 is 0 Å². The number of nitrogens with two attached hydrogens (primary N) is 1. The van der Waals surface area contributed by atoms with E-state index in [1.165, 1.54) is 24.2 Å². The van der Waals surface area contributed by atoms with Gasteiger partial charge in [-0.3, -0.25) is 5.10 Å². The quantitative estimate of drug-likeness (QED) is 0.681. The monoisotopic (exact) mass is 222 g/mol. The van der Waals surface area contributed by atoms with Crippen molar-refractivity contribution in [3.8, 4) is 0 Å². The van der Waals surface area contributed by atoms with Crippen LogP contribution >= 0.6 is 0 Å². The lowest BCUT2D eigenvalue weighted by atomic mass is 10.0. The van der Waals surface area contributed by atoms with E-state index < -0.39 is 0 Å². The summed E-state index contributed by atoms with van der Waals surface area (Å²) >= 11 is 0. The van der Waals surface area contributed by atoms with Gasteiger partial charge in [-0.05, 0) is 24.8 Å². The van der Waals surface area contributed by atoms with E-state index in [2.05, 4.69) is 35.4 Å². The highest BCUT2D eigenvalue weighted by molar-refractivity contribution is 5.17. The van der Waals surface area contributed by atoms with Crippen LogP contribution < -0.4 is 11.1 Å². The fraction of sp³-hybridized carbons (Fsp3) is 0.750.